The van der Waals surface area contributed by atoms with Crippen molar-refractivity contribution in [1.29, 1.82) is 0 Å². The Morgan fingerprint density at radius 2 is 2.45 bits per heavy atom. The fourth-order valence-corrected chi connectivity index (χ4v) is 2.49. The molecule has 1 N–H and O–H groups in total. The van der Waals surface area contributed by atoms with Gasteiger partial charge >= 0.3 is 0 Å². The van der Waals surface area contributed by atoms with E-state index in [4.69, 9.17) is 9.73 Å². The van der Waals surface area contributed by atoms with Gasteiger partial charge in [0.2, 0.25) is 0 Å². The molecular weight excluding hydrogens is 252 g/mol. The van der Waals surface area contributed by atoms with Gasteiger partial charge in [-0.3, -0.25) is 0 Å². The van der Waals surface area contributed by atoms with E-state index in [9.17, 15) is 0 Å². The number of guanidine groups is 1. The lowest BCUT2D eigenvalue weighted by molar-refractivity contribution is 0.181. The van der Waals surface area contributed by atoms with E-state index in [0.29, 0.717) is 12.5 Å². The molecule has 0 saturated carbocycles. The molecule has 112 valence electrons. The summed E-state index contributed by atoms with van der Waals surface area (Å²) in [6.45, 7) is 6.48. The minimum Gasteiger partial charge on any atom is -0.381 e. The first kappa shape index (κ1) is 14.9. The van der Waals surface area contributed by atoms with Crippen LogP contribution in [0.2, 0.25) is 0 Å². The van der Waals surface area contributed by atoms with Crippen molar-refractivity contribution >= 4 is 5.96 Å². The first-order chi connectivity index (χ1) is 9.69. The zero-order chi connectivity index (χ0) is 14.4. The molecule has 1 aromatic rings. The smallest absolute Gasteiger partial charge is 0.193 e. The molecule has 1 fully saturated rings. The molecule has 5 nitrogen and oxygen atoms in total. The average Bonchev–Trinajstić information content (AvgIpc) is 3.06. The van der Waals surface area contributed by atoms with Gasteiger partial charge in [-0.25, -0.2) is 4.99 Å². The van der Waals surface area contributed by atoms with Gasteiger partial charge < -0.3 is 19.5 Å². The number of nitrogens with one attached hydrogen (secondary N) is 1. The number of hydrogen-bond acceptors (Lipinski definition) is 2. The lowest BCUT2D eigenvalue weighted by atomic mass is 10.1. The molecule has 0 amide bonds. The summed E-state index contributed by atoms with van der Waals surface area (Å²) < 4.78 is 7.49. The summed E-state index contributed by atoms with van der Waals surface area (Å²) in [5, 5.41) is 3.36. The van der Waals surface area contributed by atoms with Gasteiger partial charge in [0.1, 0.15) is 0 Å². The number of aromatic nitrogens is 1. The molecule has 2 heterocycles. The van der Waals surface area contributed by atoms with Crippen LogP contribution in [0.4, 0.5) is 0 Å². The summed E-state index contributed by atoms with van der Waals surface area (Å²) in [6.07, 6.45) is 5.32. The van der Waals surface area contributed by atoms with Crippen LogP contribution in [0.1, 0.15) is 18.9 Å². The van der Waals surface area contributed by atoms with Crippen molar-refractivity contribution in [2.24, 2.45) is 18.0 Å². The quantitative estimate of drug-likeness (QED) is 0.655. The third-order valence-electron chi connectivity index (χ3n) is 3.56. The van der Waals surface area contributed by atoms with Crippen molar-refractivity contribution < 1.29 is 4.74 Å². The van der Waals surface area contributed by atoms with Crippen LogP contribution in [0, 0.1) is 5.92 Å². The number of rotatable bonds is 5. The second-order valence-corrected chi connectivity index (χ2v) is 5.47. The Balaban J connectivity index is 1.93. The van der Waals surface area contributed by atoms with Gasteiger partial charge in [0.15, 0.2) is 5.96 Å². The van der Waals surface area contributed by atoms with E-state index in [1.807, 2.05) is 7.05 Å². The van der Waals surface area contributed by atoms with E-state index in [-0.39, 0.29) is 0 Å². The van der Waals surface area contributed by atoms with Gasteiger partial charge in [0.25, 0.3) is 0 Å². The summed E-state index contributed by atoms with van der Waals surface area (Å²) in [5.41, 5.74) is 1.24. The number of ether oxygens (including phenoxy) is 1. The molecule has 1 saturated heterocycles. The third-order valence-corrected chi connectivity index (χ3v) is 3.56. The molecule has 20 heavy (non-hydrogen) atoms. The molecule has 5 heteroatoms. The molecule has 0 bridgehead atoms. The van der Waals surface area contributed by atoms with Crippen molar-refractivity contribution in [3.05, 3.63) is 24.0 Å². The lowest BCUT2D eigenvalue weighted by Gasteiger charge is -2.24. The predicted octanol–water partition coefficient (Wildman–Crippen LogP) is 1.46. The molecular formula is C15H26N4O. The largest absolute Gasteiger partial charge is 0.381 e. The Morgan fingerprint density at radius 1 is 1.60 bits per heavy atom. The highest BCUT2D eigenvalue weighted by molar-refractivity contribution is 5.79. The highest BCUT2D eigenvalue weighted by Gasteiger charge is 2.18. The molecule has 1 aliphatic heterocycles. The number of hydrogen-bond donors (Lipinski definition) is 1. The first-order valence-electron chi connectivity index (χ1n) is 7.37. The zero-order valence-corrected chi connectivity index (χ0v) is 12.8. The van der Waals surface area contributed by atoms with Crippen molar-refractivity contribution in [1.82, 2.24) is 14.8 Å². The Labute approximate surface area is 121 Å². The van der Waals surface area contributed by atoms with Gasteiger partial charge in [-0.2, -0.15) is 0 Å². The summed E-state index contributed by atoms with van der Waals surface area (Å²) >= 11 is 0. The summed E-state index contributed by atoms with van der Waals surface area (Å²) in [4.78, 5) is 6.93. The Morgan fingerprint density at radius 3 is 3.05 bits per heavy atom. The van der Waals surface area contributed by atoms with Crippen LogP contribution in [0.15, 0.2) is 23.5 Å². The highest BCUT2D eigenvalue weighted by Crippen LogP contribution is 2.13. The van der Waals surface area contributed by atoms with E-state index >= 15 is 0 Å². The average molecular weight is 278 g/mol. The standard InChI is InChI=1S/C15H26N4O/c1-4-16-15(17-9-13-5-7-18(2)10-13)19(3)11-14-6-8-20-12-14/h5,7,10,14H,4,6,8-9,11-12H2,1-3H3,(H,16,17). The molecule has 1 unspecified atom stereocenters. The van der Waals surface area contributed by atoms with Crippen LogP contribution in [-0.4, -0.2) is 48.8 Å². The summed E-state index contributed by atoms with van der Waals surface area (Å²) in [6, 6.07) is 2.11. The molecule has 1 atom stereocenters. The second kappa shape index (κ2) is 7.33. The second-order valence-electron chi connectivity index (χ2n) is 5.47. The minimum absolute atomic E-state index is 0.626. The third kappa shape index (κ3) is 4.27. The van der Waals surface area contributed by atoms with E-state index in [1.54, 1.807) is 0 Å². The Kier molecular flexibility index (Phi) is 5.47. The highest BCUT2D eigenvalue weighted by atomic mass is 16.5. The van der Waals surface area contributed by atoms with Gasteiger partial charge in [-0.05, 0) is 25.0 Å². The molecule has 0 radical (unpaired) electrons. The maximum atomic E-state index is 5.44. The van der Waals surface area contributed by atoms with Crippen LogP contribution in [0.5, 0.6) is 0 Å². The Bertz CT molecular complexity index is 435. The summed E-state index contributed by atoms with van der Waals surface area (Å²) in [7, 11) is 4.13. The number of aliphatic imine (C=N–C) groups is 1. The molecule has 1 aromatic heterocycles. The lowest BCUT2D eigenvalue weighted by Crippen LogP contribution is -2.41. The summed E-state index contributed by atoms with van der Waals surface area (Å²) in [5.74, 6) is 1.60. The van der Waals surface area contributed by atoms with E-state index in [1.165, 1.54) is 5.56 Å². The van der Waals surface area contributed by atoms with Gasteiger partial charge in [-0.1, -0.05) is 0 Å². The van der Waals surface area contributed by atoms with Gasteiger partial charge in [-0.15, -0.1) is 0 Å². The van der Waals surface area contributed by atoms with Crippen LogP contribution in [0.25, 0.3) is 0 Å². The van der Waals surface area contributed by atoms with Crippen molar-refractivity contribution in [3.63, 3.8) is 0 Å². The maximum absolute atomic E-state index is 5.44. The van der Waals surface area contributed by atoms with E-state index in [2.05, 4.69) is 47.2 Å². The maximum Gasteiger partial charge on any atom is 0.193 e. The Hall–Kier alpha value is -1.49. The van der Waals surface area contributed by atoms with Crippen LogP contribution in [-0.2, 0) is 18.3 Å². The van der Waals surface area contributed by atoms with Crippen LogP contribution >= 0.6 is 0 Å². The van der Waals surface area contributed by atoms with Crippen LogP contribution in [0.3, 0.4) is 0 Å². The van der Waals surface area contributed by atoms with Crippen molar-refractivity contribution in [2.45, 2.75) is 19.9 Å². The van der Waals surface area contributed by atoms with Gasteiger partial charge in [0, 0.05) is 52.1 Å². The topological polar surface area (TPSA) is 41.8 Å². The molecule has 0 aliphatic carbocycles. The fraction of sp³-hybridized carbons (Fsp3) is 0.667. The first-order valence-corrected chi connectivity index (χ1v) is 7.37. The number of nitrogens with zero attached hydrogens (tertiary/aromatic N) is 3. The van der Waals surface area contributed by atoms with Crippen molar-refractivity contribution in [2.75, 3.05) is 33.4 Å². The molecule has 1 aliphatic rings. The zero-order valence-electron chi connectivity index (χ0n) is 12.8. The van der Waals surface area contributed by atoms with Crippen LogP contribution < -0.4 is 5.32 Å². The minimum atomic E-state index is 0.626. The normalized spacial score (nSPS) is 19.4. The van der Waals surface area contributed by atoms with Crippen molar-refractivity contribution in [3.8, 4) is 0 Å². The molecule has 0 spiro atoms. The van der Waals surface area contributed by atoms with E-state index < -0.39 is 0 Å². The SMILES string of the molecule is CCNC(=NCc1ccn(C)c1)N(C)CC1CCOC1. The number of aryl methyl sites for hydroxylation is 1. The van der Waals surface area contributed by atoms with Gasteiger partial charge in [0.05, 0.1) is 13.2 Å². The monoisotopic (exact) mass is 278 g/mol. The fourth-order valence-electron chi connectivity index (χ4n) is 2.49. The van der Waals surface area contributed by atoms with E-state index in [0.717, 1.165) is 38.7 Å². The molecule has 0 aromatic carbocycles. The molecule has 2 rings (SSSR count). The predicted molar refractivity (Wildman–Crippen MR) is 81.8 cm³/mol.